The molecule has 1 atom stereocenters. The van der Waals surface area contributed by atoms with Crippen LogP contribution in [0.4, 0.5) is 16.2 Å². The van der Waals surface area contributed by atoms with Crippen molar-refractivity contribution >= 4 is 23.4 Å². The number of carbonyl (C=O) groups is 2. The lowest BCUT2D eigenvalue weighted by Gasteiger charge is -2.27. The molecule has 0 aliphatic carbocycles. The van der Waals surface area contributed by atoms with E-state index in [0.717, 1.165) is 12.5 Å². The maximum Gasteiger partial charge on any atom is 0.410 e. The number of nitrogens with zero attached hydrogens (tertiary/aromatic N) is 2. The van der Waals surface area contributed by atoms with E-state index in [-0.39, 0.29) is 41.9 Å². The normalized spacial score (nSPS) is 15.7. The number of hydrogen-bond acceptors (Lipinski definition) is 8. The molecule has 166 valence electrons. The van der Waals surface area contributed by atoms with Gasteiger partial charge in [-0.1, -0.05) is 0 Å². The van der Waals surface area contributed by atoms with Crippen molar-refractivity contribution in [2.75, 3.05) is 38.7 Å². The Balaban J connectivity index is 2.14. The molecule has 0 bridgehead atoms. The molecule has 11 heteroatoms. The molecule has 1 saturated heterocycles. The lowest BCUT2D eigenvalue weighted by Crippen LogP contribution is -2.36. The number of carbonyl (C=O) groups excluding carboxylic acids is 1. The summed E-state index contributed by atoms with van der Waals surface area (Å²) in [6.07, 6.45) is 0.174. The topological polar surface area (TPSA) is 140 Å². The van der Waals surface area contributed by atoms with Crippen molar-refractivity contribution in [3.63, 3.8) is 0 Å². The Hall–Kier alpha value is -3.08. The SMILES string of the molecule is CN(CCOc1cc(C(=O)O)cc(NC[C@@H]2CCO2)c1[N+](=O)[O-])C(=O)OC(C)(C)C. The molecule has 2 N–H and O–H groups in total. The van der Waals surface area contributed by atoms with Crippen molar-refractivity contribution in [2.45, 2.75) is 38.9 Å². The van der Waals surface area contributed by atoms with Crippen LogP contribution in [0.25, 0.3) is 0 Å². The van der Waals surface area contributed by atoms with Crippen LogP contribution in [0.3, 0.4) is 0 Å². The molecule has 0 spiro atoms. The molecule has 2 rings (SSSR count). The number of carboxylic acid groups (broad SMARTS) is 1. The van der Waals surface area contributed by atoms with Crippen molar-refractivity contribution in [1.82, 2.24) is 4.90 Å². The van der Waals surface area contributed by atoms with Crippen LogP contribution >= 0.6 is 0 Å². The van der Waals surface area contributed by atoms with Gasteiger partial charge in [-0.05, 0) is 33.3 Å². The average Bonchev–Trinajstić information content (AvgIpc) is 2.58. The number of anilines is 1. The van der Waals surface area contributed by atoms with Crippen LogP contribution in [-0.4, -0.2) is 72.0 Å². The summed E-state index contributed by atoms with van der Waals surface area (Å²) < 4.78 is 16.0. The third-order valence-electron chi connectivity index (χ3n) is 4.21. The highest BCUT2D eigenvalue weighted by Gasteiger charge is 2.27. The Morgan fingerprint density at radius 1 is 1.40 bits per heavy atom. The molecule has 1 amide bonds. The van der Waals surface area contributed by atoms with Crippen molar-refractivity contribution in [3.8, 4) is 5.75 Å². The first kappa shape index (κ1) is 23.2. The van der Waals surface area contributed by atoms with Crippen LogP contribution in [0.2, 0.25) is 0 Å². The highest BCUT2D eigenvalue weighted by molar-refractivity contribution is 5.91. The Bertz CT molecular complexity index is 802. The first-order valence-corrected chi connectivity index (χ1v) is 9.46. The molecule has 0 unspecified atom stereocenters. The Morgan fingerprint density at radius 2 is 2.07 bits per heavy atom. The zero-order valence-electron chi connectivity index (χ0n) is 17.5. The summed E-state index contributed by atoms with van der Waals surface area (Å²) in [5, 5.41) is 23.9. The predicted molar refractivity (Wildman–Crippen MR) is 107 cm³/mol. The maximum absolute atomic E-state index is 12.0. The van der Waals surface area contributed by atoms with Crippen LogP contribution in [0.1, 0.15) is 37.6 Å². The van der Waals surface area contributed by atoms with Crippen LogP contribution in [0, 0.1) is 10.1 Å². The highest BCUT2D eigenvalue weighted by Crippen LogP contribution is 2.37. The number of ether oxygens (including phenoxy) is 3. The van der Waals surface area contributed by atoms with Gasteiger partial charge in [-0.3, -0.25) is 10.1 Å². The number of nitrogens with one attached hydrogen (secondary N) is 1. The molecule has 30 heavy (non-hydrogen) atoms. The predicted octanol–water partition coefficient (Wildman–Crippen LogP) is 2.74. The molecule has 11 nitrogen and oxygen atoms in total. The lowest BCUT2D eigenvalue weighted by atomic mass is 10.1. The van der Waals surface area contributed by atoms with E-state index in [1.807, 2.05) is 0 Å². The van der Waals surface area contributed by atoms with Gasteiger partial charge < -0.3 is 29.5 Å². The average molecular weight is 425 g/mol. The summed E-state index contributed by atoms with van der Waals surface area (Å²) in [4.78, 5) is 35.7. The van der Waals surface area contributed by atoms with Crippen molar-refractivity contribution in [3.05, 3.63) is 27.8 Å². The molecule has 0 aromatic heterocycles. The van der Waals surface area contributed by atoms with Crippen molar-refractivity contribution in [2.24, 2.45) is 0 Å². The number of rotatable bonds is 9. The van der Waals surface area contributed by atoms with Gasteiger partial charge in [0.25, 0.3) is 0 Å². The molecular formula is C19H27N3O8. The smallest absolute Gasteiger partial charge is 0.410 e. The number of aromatic carboxylic acids is 1. The van der Waals surface area contributed by atoms with Gasteiger partial charge in [-0.25, -0.2) is 9.59 Å². The summed E-state index contributed by atoms with van der Waals surface area (Å²) in [5.41, 5.74) is -1.16. The van der Waals surface area contributed by atoms with Crippen LogP contribution < -0.4 is 10.1 Å². The van der Waals surface area contributed by atoms with E-state index < -0.39 is 22.6 Å². The number of nitro benzene ring substituents is 1. The van der Waals surface area contributed by atoms with Gasteiger partial charge in [0.2, 0.25) is 0 Å². The Labute approximate surface area is 174 Å². The van der Waals surface area contributed by atoms with Crippen LogP contribution in [0.15, 0.2) is 12.1 Å². The minimum absolute atomic E-state index is 0.0332. The second-order valence-electron chi connectivity index (χ2n) is 7.85. The monoisotopic (exact) mass is 425 g/mol. The molecule has 0 radical (unpaired) electrons. The zero-order valence-corrected chi connectivity index (χ0v) is 17.5. The minimum atomic E-state index is -1.25. The highest BCUT2D eigenvalue weighted by atomic mass is 16.6. The minimum Gasteiger partial charge on any atom is -0.485 e. The van der Waals surface area contributed by atoms with Gasteiger partial charge in [0.15, 0.2) is 5.75 Å². The Kier molecular flexibility index (Phi) is 7.43. The van der Waals surface area contributed by atoms with E-state index >= 15 is 0 Å². The van der Waals surface area contributed by atoms with Gasteiger partial charge in [-0.15, -0.1) is 0 Å². The standard InChI is InChI=1S/C19H27N3O8/c1-19(2,3)30-18(25)21(4)6-8-29-15-10-12(17(23)24)9-14(16(15)22(26)27)20-11-13-5-7-28-13/h9-10,13,20H,5-8,11H2,1-4H3,(H,23,24)/t13-/m0/s1. The van der Waals surface area contributed by atoms with Crippen molar-refractivity contribution in [1.29, 1.82) is 0 Å². The van der Waals surface area contributed by atoms with Gasteiger partial charge in [0, 0.05) is 26.3 Å². The molecule has 1 aromatic rings. The lowest BCUT2D eigenvalue weighted by molar-refractivity contribution is -0.385. The molecule has 0 saturated carbocycles. The fourth-order valence-electron chi connectivity index (χ4n) is 2.56. The van der Waals surface area contributed by atoms with Gasteiger partial charge in [0.1, 0.15) is 17.9 Å². The second-order valence-corrected chi connectivity index (χ2v) is 7.85. The number of amides is 1. The van der Waals surface area contributed by atoms with E-state index in [0.29, 0.717) is 13.2 Å². The van der Waals surface area contributed by atoms with Gasteiger partial charge >= 0.3 is 17.7 Å². The zero-order chi connectivity index (χ0) is 22.5. The largest absolute Gasteiger partial charge is 0.485 e. The van der Waals surface area contributed by atoms with E-state index in [9.17, 15) is 24.8 Å². The van der Waals surface area contributed by atoms with E-state index in [1.54, 1.807) is 20.8 Å². The van der Waals surface area contributed by atoms with Crippen LogP contribution in [-0.2, 0) is 9.47 Å². The molecule has 1 aliphatic heterocycles. The third kappa shape index (κ3) is 6.48. The molecular weight excluding hydrogens is 398 g/mol. The number of benzene rings is 1. The number of likely N-dealkylation sites (N-methyl/N-ethyl adjacent to an activating group) is 1. The molecule has 1 aromatic carbocycles. The first-order valence-electron chi connectivity index (χ1n) is 9.46. The maximum atomic E-state index is 12.0. The van der Waals surface area contributed by atoms with Gasteiger partial charge in [-0.2, -0.15) is 0 Å². The number of carboxylic acids is 1. The van der Waals surface area contributed by atoms with E-state index in [2.05, 4.69) is 5.32 Å². The summed E-state index contributed by atoms with van der Waals surface area (Å²) in [6, 6.07) is 2.29. The van der Waals surface area contributed by atoms with E-state index in [1.165, 1.54) is 18.0 Å². The summed E-state index contributed by atoms with van der Waals surface area (Å²) in [6.45, 7) is 6.14. The molecule has 1 heterocycles. The van der Waals surface area contributed by atoms with Crippen molar-refractivity contribution < 1.29 is 33.8 Å². The number of hydrogen-bond donors (Lipinski definition) is 2. The molecule has 1 aliphatic rings. The fraction of sp³-hybridized carbons (Fsp3) is 0.579. The van der Waals surface area contributed by atoms with Crippen LogP contribution in [0.5, 0.6) is 5.75 Å². The quantitative estimate of drug-likeness (QED) is 0.451. The molecule has 1 fully saturated rings. The Morgan fingerprint density at radius 3 is 2.57 bits per heavy atom. The first-order chi connectivity index (χ1) is 14.0. The third-order valence-corrected chi connectivity index (χ3v) is 4.21. The number of nitro groups is 1. The summed E-state index contributed by atoms with van der Waals surface area (Å²) in [7, 11) is 1.51. The summed E-state index contributed by atoms with van der Waals surface area (Å²) in [5.74, 6) is -1.45. The van der Waals surface area contributed by atoms with E-state index in [4.69, 9.17) is 14.2 Å². The fourth-order valence-corrected chi connectivity index (χ4v) is 2.56. The second kappa shape index (κ2) is 9.61. The summed E-state index contributed by atoms with van der Waals surface area (Å²) >= 11 is 0. The van der Waals surface area contributed by atoms with Gasteiger partial charge in [0.05, 0.1) is 23.1 Å².